The van der Waals surface area contributed by atoms with Crippen LogP contribution in [0.5, 0.6) is 11.5 Å². The third-order valence-corrected chi connectivity index (χ3v) is 4.17. The number of hydrogen-bond acceptors (Lipinski definition) is 6. The molecule has 9 heteroatoms. The first kappa shape index (κ1) is 22.7. The van der Waals surface area contributed by atoms with Crippen LogP contribution < -0.4 is 20.1 Å². The standard InChI is InChI=1S/C21H25N3O6/c1-4-29-18-10-9-15(12-19(18)30-5-2)14(3)23-20(25)13-22-21(26)16-7-6-8-17(11-16)24(27)28/h6-12,14H,4-5,13H2,1-3H3,(H,22,26)(H,23,25). The lowest BCUT2D eigenvalue weighted by atomic mass is 10.1. The van der Waals surface area contributed by atoms with Crippen molar-refractivity contribution in [3.63, 3.8) is 0 Å². The van der Waals surface area contributed by atoms with Gasteiger partial charge in [-0.05, 0) is 44.5 Å². The van der Waals surface area contributed by atoms with E-state index in [1.165, 1.54) is 18.2 Å². The Morgan fingerprint density at radius 1 is 1.07 bits per heavy atom. The number of benzene rings is 2. The zero-order valence-corrected chi connectivity index (χ0v) is 17.1. The summed E-state index contributed by atoms with van der Waals surface area (Å²) < 4.78 is 11.1. The summed E-state index contributed by atoms with van der Waals surface area (Å²) in [6.45, 7) is 6.29. The SMILES string of the molecule is CCOc1ccc(C(C)NC(=O)CNC(=O)c2cccc([N+](=O)[O-])c2)cc1OCC. The summed E-state index contributed by atoms with van der Waals surface area (Å²) in [5, 5.41) is 16.1. The smallest absolute Gasteiger partial charge is 0.270 e. The van der Waals surface area contributed by atoms with Crippen LogP contribution in [0, 0.1) is 10.1 Å². The summed E-state index contributed by atoms with van der Waals surface area (Å²) in [5.41, 5.74) is 0.736. The molecule has 2 amide bonds. The van der Waals surface area contributed by atoms with Gasteiger partial charge in [0.25, 0.3) is 11.6 Å². The molecule has 2 aromatic carbocycles. The van der Waals surface area contributed by atoms with Gasteiger partial charge in [0.05, 0.1) is 30.7 Å². The lowest BCUT2D eigenvalue weighted by molar-refractivity contribution is -0.384. The number of amides is 2. The number of nitro benzene ring substituents is 1. The fourth-order valence-electron chi connectivity index (χ4n) is 2.74. The van der Waals surface area contributed by atoms with Crippen LogP contribution in [0.2, 0.25) is 0 Å². The molecule has 0 saturated heterocycles. The highest BCUT2D eigenvalue weighted by molar-refractivity contribution is 5.97. The number of nitro groups is 1. The second-order valence-corrected chi connectivity index (χ2v) is 6.35. The van der Waals surface area contributed by atoms with Crippen molar-refractivity contribution in [1.82, 2.24) is 10.6 Å². The van der Waals surface area contributed by atoms with E-state index < -0.39 is 16.7 Å². The molecular formula is C21H25N3O6. The van der Waals surface area contributed by atoms with Crippen molar-refractivity contribution in [2.45, 2.75) is 26.8 Å². The van der Waals surface area contributed by atoms with Gasteiger partial charge in [-0.1, -0.05) is 12.1 Å². The molecule has 2 aromatic rings. The number of rotatable bonds is 10. The Morgan fingerprint density at radius 2 is 1.77 bits per heavy atom. The molecule has 0 spiro atoms. The molecule has 0 aliphatic carbocycles. The average Bonchev–Trinajstić information content (AvgIpc) is 2.73. The summed E-state index contributed by atoms with van der Waals surface area (Å²) in [4.78, 5) is 34.6. The predicted octanol–water partition coefficient (Wildman–Crippen LogP) is 3.00. The van der Waals surface area contributed by atoms with E-state index in [4.69, 9.17) is 9.47 Å². The van der Waals surface area contributed by atoms with Crippen molar-refractivity contribution in [2.24, 2.45) is 0 Å². The highest BCUT2D eigenvalue weighted by atomic mass is 16.6. The van der Waals surface area contributed by atoms with Crippen LogP contribution >= 0.6 is 0 Å². The first-order chi connectivity index (χ1) is 14.3. The molecule has 0 saturated carbocycles. The maximum Gasteiger partial charge on any atom is 0.270 e. The first-order valence-corrected chi connectivity index (χ1v) is 9.57. The summed E-state index contributed by atoms with van der Waals surface area (Å²) in [6.07, 6.45) is 0. The van der Waals surface area contributed by atoms with Crippen LogP contribution in [-0.4, -0.2) is 36.5 Å². The van der Waals surface area contributed by atoms with Crippen LogP contribution in [0.25, 0.3) is 0 Å². The Labute approximate surface area is 174 Å². The van der Waals surface area contributed by atoms with Crippen LogP contribution in [0.1, 0.15) is 42.7 Å². The molecule has 160 valence electrons. The van der Waals surface area contributed by atoms with Crippen molar-refractivity contribution < 1.29 is 24.0 Å². The van der Waals surface area contributed by atoms with Gasteiger partial charge in [-0.25, -0.2) is 0 Å². The van der Waals surface area contributed by atoms with Gasteiger partial charge in [-0.15, -0.1) is 0 Å². The minimum atomic E-state index is -0.585. The third kappa shape index (κ3) is 6.20. The molecule has 0 bridgehead atoms. The van der Waals surface area contributed by atoms with E-state index in [1.54, 1.807) is 12.1 Å². The minimum absolute atomic E-state index is 0.109. The number of ether oxygens (including phenoxy) is 2. The number of carbonyl (C=O) groups is 2. The zero-order chi connectivity index (χ0) is 22.1. The zero-order valence-electron chi connectivity index (χ0n) is 17.1. The fourth-order valence-corrected chi connectivity index (χ4v) is 2.74. The van der Waals surface area contributed by atoms with Crippen molar-refractivity contribution in [2.75, 3.05) is 19.8 Å². The van der Waals surface area contributed by atoms with E-state index in [0.29, 0.717) is 24.7 Å². The first-order valence-electron chi connectivity index (χ1n) is 9.57. The molecule has 30 heavy (non-hydrogen) atoms. The summed E-state index contributed by atoms with van der Waals surface area (Å²) in [6, 6.07) is 10.4. The summed E-state index contributed by atoms with van der Waals surface area (Å²) >= 11 is 0. The molecule has 0 heterocycles. The summed E-state index contributed by atoms with van der Waals surface area (Å²) in [5.74, 6) is 0.261. The lowest BCUT2D eigenvalue weighted by Crippen LogP contribution is -2.38. The molecule has 0 radical (unpaired) electrons. The average molecular weight is 415 g/mol. The molecule has 9 nitrogen and oxygen atoms in total. The van der Waals surface area contributed by atoms with Gasteiger partial charge in [0.1, 0.15) is 0 Å². The Bertz CT molecular complexity index is 915. The third-order valence-electron chi connectivity index (χ3n) is 4.17. The number of hydrogen-bond donors (Lipinski definition) is 2. The Morgan fingerprint density at radius 3 is 2.43 bits per heavy atom. The molecule has 1 atom stereocenters. The Hall–Kier alpha value is -3.62. The van der Waals surface area contributed by atoms with Gasteiger partial charge >= 0.3 is 0 Å². The van der Waals surface area contributed by atoms with E-state index >= 15 is 0 Å². The fraction of sp³-hybridized carbons (Fsp3) is 0.333. The molecule has 2 rings (SSSR count). The van der Waals surface area contributed by atoms with Crippen LogP contribution in [0.4, 0.5) is 5.69 Å². The lowest BCUT2D eigenvalue weighted by Gasteiger charge is -2.17. The van der Waals surface area contributed by atoms with Crippen molar-refractivity contribution in [3.8, 4) is 11.5 Å². The van der Waals surface area contributed by atoms with Gasteiger partial charge in [0.15, 0.2) is 11.5 Å². The number of nitrogens with one attached hydrogen (secondary N) is 2. The molecule has 2 N–H and O–H groups in total. The summed E-state index contributed by atoms with van der Waals surface area (Å²) in [7, 11) is 0. The van der Waals surface area contributed by atoms with Crippen LogP contribution in [0.15, 0.2) is 42.5 Å². The Balaban J connectivity index is 1.96. The number of non-ortho nitro benzene ring substituents is 1. The quantitative estimate of drug-likeness (QED) is 0.455. The molecule has 0 aliphatic rings. The molecule has 0 fully saturated rings. The molecular weight excluding hydrogens is 390 g/mol. The highest BCUT2D eigenvalue weighted by Crippen LogP contribution is 2.30. The van der Waals surface area contributed by atoms with Gasteiger partial charge in [-0.3, -0.25) is 19.7 Å². The maximum atomic E-state index is 12.2. The molecule has 1 unspecified atom stereocenters. The van der Waals surface area contributed by atoms with E-state index in [0.717, 1.165) is 11.6 Å². The molecule has 0 aromatic heterocycles. The second-order valence-electron chi connectivity index (χ2n) is 6.35. The van der Waals surface area contributed by atoms with E-state index in [1.807, 2.05) is 26.8 Å². The van der Waals surface area contributed by atoms with Gasteiger partial charge < -0.3 is 20.1 Å². The van der Waals surface area contributed by atoms with Gasteiger partial charge in [0, 0.05) is 17.7 Å². The van der Waals surface area contributed by atoms with E-state index in [-0.39, 0.29) is 23.8 Å². The topological polar surface area (TPSA) is 120 Å². The maximum absolute atomic E-state index is 12.2. The highest BCUT2D eigenvalue weighted by Gasteiger charge is 2.15. The monoisotopic (exact) mass is 415 g/mol. The number of nitrogens with zero attached hydrogens (tertiary/aromatic N) is 1. The minimum Gasteiger partial charge on any atom is -0.490 e. The normalized spacial score (nSPS) is 11.3. The predicted molar refractivity (Wildman–Crippen MR) is 111 cm³/mol. The van der Waals surface area contributed by atoms with E-state index in [9.17, 15) is 19.7 Å². The Kier molecular flexibility index (Phi) is 8.16. The molecule has 0 aliphatic heterocycles. The van der Waals surface area contributed by atoms with Crippen molar-refractivity contribution >= 4 is 17.5 Å². The van der Waals surface area contributed by atoms with Gasteiger partial charge in [0.2, 0.25) is 5.91 Å². The van der Waals surface area contributed by atoms with Crippen LogP contribution in [0.3, 0.4) is 0 Å². The largest absolute Gasteiger partial charge is 0.490 e. The number of carbonyl (C=O) groups excluding carboxylic acids is 2. The van der Waals surface area contributed by atoms with Gasteiger partial charge in [-0.2, -0.15) is 0 Å². The van der Waals surface area contributed by atoms with E-state index in [2.05, 4.69) is 10.6 Å². The second kappa shape index (κ2) is 10.8. The van der Waals surface area contributed by atoms with Crippen molar-refractivity contribution in [3.05, 3.63) is 63.7 Å². The van der Waals surface area contributed by atoms with Crippen LogP contribution in [-0.2, 0) is 4.79 Å². The van der Waals surface area contributed by atoms with Crippen molar-refractivity contribution in [1.29, 1.82) is 0 Å².